The van der Waals surface area contributed by atoms with Gasteiger partial charge in [-0.3, -0.25) is 9.59 Å². The summed E-state index contributed by atoms with van der Waals surface area (Å²) in [6.07, 6.45) is 0. The second-order valence-corrected chi connectivity index (χ2v) is 6.74. The van der Waals surface area contributed by atoms with E-state index < -0.39 is 30.4 Å². The van der Waals surface area contributed by atoms with E-state index in [1.54, 1.807) is 56.3 Å². The Balaban J connectivity index is 1.97. The summed E-state index contributed by atoms with van der Waals surface area (Å²) in [7, 11) is 1.45. The maximum atomic E-state index is 12.6. The summed E-state index contributed by atoms with van der Waals surface area (Å²) in [6.45, 7) is 2.98. The highest BCUT2D eigenvalue weighted by Crippen LogP contribution is 2.18. The van der Waals surface area contributed by atoms with Gasteiger partial charge >= 0.3 is 5.97 Å². The maximum absolute atomic E-state index is 12.6. The summed E-state index contributed by atoms with van der Waals surface area (Å²) in [5.41, 5.74) is 1.09. The van der Waals surface area contributed by atoms with E-state index in [1.807, 2.05) is 6.07 Å². The Labute approximate surface area is 174 Å². The van der Waals surface area contributed by atoms with Gasteiger partial charge in [-0.05, 0) is 36.2 Å². The van der Waals surface area contributed by atoms with Gasteiger partial charge in [-0.25, -0.2) is 4.79 Å². The first kappa shape index (κ1) is 22.4. The largest absolute Gasteiger partial charge is 0.496 e. The number of esters is 1. The van der Waals surface area contributed by atoms with Crippen molar-refractivity contribution in [1.29, 1.82) is 5.26 Å². The molecule has 2 rings (SSSR count). The number of carbonyl (C=O) groups excluding carboxylic acids is 3. The SMILES string of the molecule is COc1ccccc1C(=O)N[C@H](C(=O)OCC(=O)Nc1cccc(C#N)c1)C(C)C. The van der Waals surface area contributed by atoms with Gasteiger partial charge in [0, 0.05) is 5.69 Å². The lowest BCUT2D eigenvalue weighted by atomic mass is 10.0. The van der Waals surface area contributed by atoms with Gasteiger partial charge in [0.25, 0.3) is 11.8 Å². The van der Waals surface area contributed by atoms with Crippen molar-refractivity contribution in [3.63, 3.8) is 0 Å². The zero-order chi connectivity index (χ0) is 22.1. The van der Waals surface area contributed by atoms with Crippen LogP contribution in [-0.4, -0.2) is 37.5 Å². The Kier molecular flexibility index (Phi) is 7.94. The highest BCUT2D eigenvalue weighted by Gasteiger charge is 2.27. The first-order valence-electron chi connectivity index (χ1n) is 9.26. The average molecular weight is 409 g/mol. The van der Waals surface area contributed by atoms with Crippen LogP contribution in [0.5, 0.6) is 5.75 Å². The molecule has 0 radical (unpaired) electrons. The molecule has 8 heteroatoms. The van der Waals surface area contributed by atoms with Crippen molar-refractivity contribution in [2.24, 2.45) is 5.92 Å². The molecule has 156 valence electrons. The quantitative estimate of drug-likeness (QED) is 0.647. The third kappa shape index (κ3) is 6.07. The summed E-state index contributed by atoms with van der Waals surface area (Å²) in [4.78, 5) is 37.1. The standard InChI is InChI=1S/C22H23N3O5/c1-14(2)20(25-21(27)17-9-4-5-10-18(17)29-3)22(28)30-13-19(26)24-16-8-6-7-15(11-16)12-23/h4-11,14,20H,13H2,1-3H3,(H,24,26)(H,25,27)/t20-/m0/s1. The number of para-hydroxylation sites is 1. The number of ether oxygens (including phenoxy) is 2. The number of nitrogens with one attached hydrogen (secondary N) is 2. The molecule has 0 fully saturated rings. The second kappa shape index (κ2) is 10.6. The van der Waals surface area contributed by atoms with Gasteiger partial charge in [0.05, 0.1) is 24.3 Å². The molecule has 0 aromatic heterocycles. The zero-order valence-corrected chi connectivity index (χ0v) is 17.0. The van der Waals surface area contributed by atoms with Crippen molar-refractivity contribution in [3.8, 4) is 11.8 Å². The molecule has 0 saturated heterocycles. The second-order valence-electron chi connectivity index (χ2n) is 6.74. The number of hydrogen-bond donors (Lipinski definition) is 2. The number of nitrogens with zero attached hydrogens (tertiary/aromatic N) is 1. The van der Waals surface area contributed by atoms with E-state index in [0.717, 1.165) is 0 Å². The Morgan fingerprint density at radius 2 is 1.83 bits per heavy atom. The van der Waals surface area contributed by atoms with Crippen molar-refractivity contribution < 1.29 is 23.9 Å². The number of nitriles is 1. The van der Waals surface area contributed by atoms with Crippen LogP contribution in [0.3, 0.4) is 0 Å². The fourth-order valence-electron chi connectivity index (χ4n) is 2.64. The highest BCUT2D eigenvalue weighted by molar-refractivity contribution is 5.99. The number of benzene rings is 2. The molecule has 0 aliphatic rings. The van der Waals surface area contributed by atoms with E-state index in [-0.39, 0.29) is 11.5 Å². The molecular formula is C22H23N3O5. The van der Waals surface area contributed by atoms with E-state index in [2.05, 4.69) is 10.6 Å². The molecule has 8 nitrogen and oxygen atoms in total. The van der Waals surface area contributed by atoms with Crippen molar-refractivity contribution in [2.75, 3.05) is 19.0 Å². The number of rotatable bonds is 8. The monoisotopic (exact) mass is 409 g/mol. The lowest BCUT2D eigenvalue weighted by molar-refractivity contribution is -0.150. The summed E-state index contributed by atoms with van der Waals surface area (Å²) in [6, 6.07) is 14.0. The van der Waals surface area contributed by atoms with Gasteiger partial charge in [-0.1, -0.05) is 32.0 Å². The minimum absolute atomic E-state index is 0.272. The van der Waals surface area contributed by atoms with Crippen LogP contribution in [0.1, 0.15) is 29.8 Å². The fourth-order valence-corrected chi connectivity index (χ4v) is 2.64. The molecule has 1 atom stereocenters. The van der Waals surface area contributed by atoms with Crippen LogP contribution in [0.15, 0.2) is 48.5 Å². The van der Waals surface area contributed by atoms with Crippen molar-refractivity contribution in [1.82, 2.24) is 5.32 Å². The Bertz CT molecular complexity index is 965. The Morgan fingerprint density at radius 1 is 1.10 bits per heavy atom. The molecule has 30 heavy (non-hydrogen) atoms. The summed E-state index contributed by atoms with van der Waals surface area (Å²) < 4.78 is 10.3. The average Bonchev–Trinajstić information content (AvgIpc) is 2.75. The molecule has 0 unspecified atom stereocenters. The molecule has 2 N–H and O–H groups in total. The topological polar surface area (TPSA) is 118 Å². The Hall–Kier alpha value is -3.86. The van der Waals surface area contributed by atoms with E-state index in [9.17, 15) is 14.4 Å². The molecule has 2 aromatic rings. The lowest BCUT2D eigenvalue weighted by Gasteiger charge is -2.21. The van der Waals surface area contributed by atoms with E-state index in [0.29, 0.717) is 17.0 Å². The van der Waals surface area contributed by atoms with Crippen LogP contribution >= 0.6 is 0 Å². The maximum Gasteiger partial charge on any atom is 0.329 e. The van der Waals surface area contributed by atoms with Crippen LogP contribution in [0.4, 0.5) is 5.69 Å². The predicted molar refractivity (Wildman–Crippen MR) is 110 cm³/mol. The first-order valence-corrected chi connectivity index (χ1v) is 9.26. The zero-order valence-electron chi connectivity index (χ0n) is 17.0. The smallest absolute Gasteiger partial charge is 0.329 e. The number of hydrogen-bond acceptors (Lipinski definition) is 6. The molecule has 0 bridgehead atoms. The third-order valence-corrected chi connectivity index (χ3v) is 4.18. The lowest BCUT2D eigenvalue weighted by Crippen LogP contribution is -2.46. The van der Waals surface area contributed by atoms with Gasteiger partial charge in [-0.15, -0.1) is 0 Å². The molecule has 0 saturated carbocycles. The molecular weight excluding hydrogens is 386 g/mol. The highest BCUT2D eigenvalue weighted by atomic mass is 16.5. The molecule has 2 amide bonds. The van der Waals surface area contributed by atoms with Gasteiger partial charge in [0.15, 0.2) is 6.61 Å². The molecule has 0 aliphatic carbocycles. The molecule has 0 heterocycles. The molecule has 0 aliphatic heterocycles. The van der Waals surface area contributed by atoms with E-state index in [1.165, 1.54) is 13.2 Å². The van der Waals surface area contributed by atoms with E-state index >= 15 is 0 Å². The van der Waals surface area contributed by atoms with Crippen LogP contribution in [0, 0.1) is 17.2 Å². The summed E-state index contributed by atoms with van der Waals surface area (Å²) in [5.74, 6) is -1.66. The molecule has 2 aromatic carbocycles. The number of anilines is 1. The first-order chi connectivity index (χ1) is 14.3. The van der Waals surface area contributed by atoms with Gasteiger partial charge in [-0.2, -0.15) is 5.26 Å². The van der Waals surface area contributed by atoms with Gasteiger partial charge in [0.2, 0.25) is 0 Å². The van der Waals surface area contributed by atoms with Crippen molar-refractivity contribution in [2.45, 2.75) is 19.9 Å². The fraction of sp³-hybridized carbons (Fsp3) is 0.273. The van der Waals surface area contributed by atoms with Crippen molar-refractivity contribution >= 4 is 23.5 Å². The normalized spacial score (nSPS) is 11.2. The minimum atomic E-state index is -0.947. The van der Waals surface area contributed by atoms with Crippen LogP contribution in [0.2, 0.25) is 0 Å². The number of amides is 2. The van der Waals surface area contributed by atoms with Crippen LogP contribution < -0.4 is 15.4 Å². The summed E-state index contributed by atoms with van der Waals surface area (Å²) in [5, 5.41) is 14.1. The van der Waals surface area contributed by atoms with Crippen LogP contribution in [-0.2, 0) is 14.3 Å². The summed E-state index contributed by atoms with van der Waals surface area (Å²) >= 11 is 0. The number of carbonyl (C=O) groups is 3. The van der Waals surface area contributed by atoms with Crippen LogP contribution in [0.25, 0.3) is 0 Å². The van der Waals surface area contributed by atoms with E-state index in [4.69, 9.17) is 14.7 Å². The van der Waals surface area contributed by atoms with Gasteiger partial charge < -0.3 is 20.1 Å². The van der Waals surface area contributed by atoms with Crippen molar-refractivity contribution in [3.05, 3.63) is 59.7 Å². The third-order valence-electron chi connectivity index (χ3n) is 4.18. The molecule has 0 spiro atoms. The number of methoxy groups -OCH3 is 1. The van der Waals surface area contributed by atoms with Gasteiger partial charge in [0.1, 0.15) is 11.8 Å². The minimum Gasteiger partial charge on any atom is -0.496 e. The predicted octanol–water partition coefficient (Wildman–Crippen LogP) is 2.50. The Morgan fingerprint density at radius 3 is 2.50 bits per heavy atom.